The highest BCUT2D eigenvalue weighted by atomic mass is 16.5. The van der Waals surface area contributed by atoms with Crippen LogP contribution in [-0.4, -0.2) is 16.7 Å². The van der Waals surface area contributed by atoms with Gasteiger partial charge in [0.05, 0.1) is 6.04 Å². The van der Waals surface area contributed by atoms with Gasteiger partial charge in [0.25, 0.3) is 5.89 Å². The van der Waals surface area contributed by atoms with Gasteiger partial charge in [-0.3, -0.25) is 0 Å². The predicted molar refractivity (Wildman–Crippen MR) is 83.0 cm³/mol. The minimum atomic E-state index is 0.0499. The third-order valence-corrected chi connectivity index (χ3v) is 4.03. The molecule has 1 fully saturated rings. The molecule has 0 spiro atoms. The summed E-state index contributed by atoms with van der Waals surface area (Å²) in [5.41, 5.74) is 2.32. The SMILES string of the molecule is CC(C)(C)c1ccccc1-c1nc(C2CCCCN2)no1. The van der Waals surface area contributed by atoms with E-state index in [1.165, 1.54) is 18.4 Å². The molecule has 1 saturated heterocycles. The van der Waals surface area contributed by atoms with Gasteiger partial charge >= 0.3 is 0 Å². The van der Waals surface area contributed by atoms with Crippen LogP contribution in [-0.2, 0) is 5.41 Å². The van der Waals surface area contributed by atoms with Crippen molar-refractivity contribution in [2.45, 2.75) is 51.5 Å². The lowest BCUT2D eigenvalue weighted by Gasteiger charge is -2.21. The molecule has 1 unspecified atom stereocenters. The van der Waals surface area contributed by atoms with Crippen LogP contribution in [0.2, 0.25) is 0 Å². The number of nitrogens with zero attached hydrogens (tertiary/aromatic N) is 2. The molecule has 112 valence electrons. The highest BCUT2D eigenvalue weighted by molar-refractivity contribution is 5.60. The van der Waals surface area contributed by atoms with Crippen molar-refractivity contribution in [1.82, 2.24) is 15.5 Å². The smallest absolute Gasteiger partial charge is 0.258 e. The Morgan fingerprint density at radius 1 is 1.19 bits per heavy atom. The van der Waals surface area contributed by atoms with Crippen LogP contribution < -0.4 is 5.32 Å². The zero-order valence-corrected chi connectivity index (χ0v) is 13.0. The van der Waals surface area contributed by atoms with E-state index in [-0.39, 0.29) is 11.5 Å². The maximum absolute atomic E-state index is 5.54. The fourth-order valence-electron chi connectivity index (χ4n) is 2.88. The summed E-state index contributed by atoms with van der Waals surface area (Å²) in [5.74, 6) is 1.41. The normalized spacial score (nSPS) is 19.7. The van der Waals surface area contributed by atoms with Gasteiger partial charge in [-0.15, -0.1) is 0 Å². The number of hydrogen-bond donors (Lipinski definition) is 1. The lowest BCUT2D eigenvalue weighted by Crippen LogP contribution is -2.27. The van der Waals surface area contributed by atoms with Gasteiger partial charge < -0.3 is 9.84 Å². The van der Waals surface area contributed by atoms with Crippen molar-refractivity contribution in [3.8, 4) is 11.5 Å². The summed E-state index contributed by atoms with van der Waals surface area (Å²) in [6.07, 6.45) is 3.54. The first-order valence-corrected chi connectivity index (χ1v) is 7.72. The monoisotopic (exact) mass is 285 g/mol. The molecule has 0 bridgehead atoms. The molecular formula is C17H23N3O. The average Bonchev–Trinajstić information content (AvgIpc) is 2.97. The van der Waals surface area contributed by atoms with Crippen molar-refractivity contribution < 1.29 is 4.52 Å². The maximum Gasteiger partial charge on any atom is 0.258 e. The minimum absolute atomic E-state index is 0.0499. The Morgan fingerprint density at radius 3 is 2.71 bits per heavy atom. The number of hydrogen-bond acceptors (Lipinski definition) is 4. The molecule has 0 aliphatic carbocycles. The van der Waals surface area contributed by atoms with E-state index in [0.717, 1.165) is 24.4 Å². The zero-order valence-electron chi connectivity index (χ0n) is 13.0. The third kappa shape index (κ3) is 3.00. The molecule has 1 atom stereocenters. The van der Waals surface area contributed by atoms with Gasteiger partial charge in [-0.05, 0) is 36.4 Å². The average molecular weight is 285 g/mol. The van der Waals surface area contributed by atoms with Crippen molar-refractivity contribution in [3.05, 3.63) is 35.7 Å². The molecule has 3 rings (SSSR count). The summed E-state index contributed by atoms with van der Waals surface area (Å²) in [5, 5.41) is 7.65. The van der Waals surface area contributed by atoms with Gasteiger partial charge in [-0.25, -0.2) is 0 Å². The van der Waals surface area contributed by atoms with E-state index in [2.05, 4.69) is 54.4 Å². The number of piperidine rings is 1. The standard InChI is InChI=1S/C17H23N3O/c1-17(2,3)13-9-5-4-8-12(13)16-19-15(20-21-16)14-10-6-7-11-18-14/h4-5,8-9,14,18H,6-7,10-11H2,1-3H3. The summed E-state index contributed by atoms with van der Waals surface area (Å²) in [6, 6.07) is 8.51. The van der Waals surface area contributed by atoms with Crippen molar-refractivity contribution in [2.75, 3.05) is 6.54 Å². The predicted octanol–water partition coefficient (Wildman–Crippen LogP) is 3.85. The van der Waals surface area contributed by atoms with E-state index in [0.29, 0.717) is 5.89 Å². The lowest BCUT2D eigenvalue weighted by atomic mass is 9.84. The molecule has 1 aliphatic heterocycles. The van der Waals surface area contributed by atoms with Crippen LogP contribution in [0.1, 0.15) is 57.5 Å². The summed E-state index contributed by atoms with van der Waals surface area (Å²) < 4.78 is 5.54. The molecule has 1 aromatic heterocycles. The Kier molecular flexibility index (Phi) is 3.81. The van der Waals surface area contributed by atoms with Gasteiger partial charge in [0, 0.05) is 5.56 Å². The van der Waals surface area contributed by atoms with Crippen LogP contribution in [0.15, 0.2) is 28.8 Å². The van der Waals surface area contributed by atoms with Crippen molar-refractivity contribution in [2.24, 2.45) is 0 Å². The quantitative estimate of drug-likeness (QED) is 0.910. The second-order valence-corrected chi connectivity index (χ2v) is 6.76. The van der Waals surface area contributed by atoms with Gasteiger partial charge in [-0.1, -0.05) is 50.5 Å². The number of aromatic nitrogens is 2. The molecule has 0 amide bonds. The van der Waals surface area contributed by atoms with Crippen LogP contribution in [0, 0.1) is 0 Å². The van der Waals surface area contributed by atoms with Crippen molar-refractivity contribution in [3.63, 3.8) is 0 Å². The molecule has 0 saturated carbocycles. The molecular weight excluding hydrogens is 262 g/mol. The Hall–Kier alpha value is -1.68. The van der Waals surface area contributed by atoms with Crippen molar-refractivity contribution in [1.29, 1.82) is 0 Å². The van der Waals surface area contributed by atoms with Crippen LogP contribution in [0.3, 0.4) is 0 Å². The molecule has 1 aromatic carbocycles. The van der Waals surface area contributed by atoms with Gasteiger partial charge in [0.1, 0.15) is 0 Å². The molecule has 0 radical (unpaired) electrons. The van der Waals surface area contributed by atoms with Crippen LogP contribution >= 0.6 is 0 Å². The summed E-state index contributed by atoms with van der Waals surface area (Å²) in [4.78, 5) is 4.64. The second kappa shape index (κ2) is 5.60. The fraction of sp³-hybridized carbons (Fsp3) is 0.529. The van der Waals surface area contributed by atoms with Crippen LogP contribution in [0.4, 0.5) is 0 Å². The van der Waals surface area contributed by atoms with Crippen LogP contribution in [0.5, 0.6) is 0 Å². The Morgan fingerprint density at radius 2 is 2.00 bits per heavy atom. The second-order valence-electron chi connectivity index (χ2n) is 6.76. The molecule has 1 aliphatic rings. The summed E-state index contributed by atoms with van der Waals surface area (Å²) >= 11 is 0. The fourth-order valence-corrected chi connectivity index (χ4v) is 2.88. The Bertz CT molecular complexity index is 606. The lowest BCUT2D eigenvalue weighted by molar-refractivity contribution is 0.366. The third-order valence-electron chi connectivity index (χ3n) is 4.03. The Balaban J connectivity index is 1.93. The van der Waals surface area contributed by atoms with E-state index >= 15 is 0 Å². The van der Waals surface area contributed by atoms with Gasteiger partial charge in [0.15, 0.2) is 5.82 Å². The molecule has 21 heavy (non-hydrogen) atoms. The number of rotatable bonds is 2. The van der Waals surface area contributed by atoms with E-state index in [1.807, 2.05) is 6.07 Å². The highest BCUT2D eigenvalue weighted by Crippen LogP contribution is 2.32. The summed E-state index contributed by atoms with van der Waals surface area (Å²) in [6.45, 7) is 7.64. The first-order chi connectivity index (χ1) is 10.1. The molecule has 2 aromatic rings. The van der Waals surface area contributed by atoms with E-state index in [1.54, 1.807) is 0 Å². The largest absolute Gasteiger partial charge is 0.334 e. The van der Waals surface area contributed by atoms with Gasteiger partial charge in [-0.2, -0.15) is 4.98 Å². The van der Waals surface area contributed by atoms with Crippen molar-refractivity contribution >= 4 is 0 Å². The molecule has 2 heterocycles. The first-order valence-electron chi connectivity index (χ1n) is 7.72. The first kappa shape index (κ1) is 14.3. The maximum atomic E-state index is 5.54. The minimum Gasteiger partial charge on any atom is -0.334 e. The van der Waals surface area contributed by atoms with E-state index < -0.39 is 0 Å². The topological polar surface area (TPSA) is 51.0 Å². The Labute approximate surface area is 126 Å². The number of nitrogens with one attached hydrogen (secondary N) is 1. The van der Waals surface area contributed by atoms with E-state index in [9.17, 15) is 0 Å². The molecule has 1 N–H and O–H groups in total. The highest BCUT2D eigenvalue weighted by Gasteiger charge is 2.24. The number of benzene rings is 1. The van der Waals surface area contributed by atoms with Gasteiger partial charge in [0.2, 0.25) is 0 Å². The zero-order chi connectivity index (χ0) is 14.9. The molecule has 4 nitrogen and oxygen atoms in total. The summed E-state index contributed by atoms with van der Waals surface area (Å²) in [7, 11) is 0. The molecule has 4 heteroatoms. The van der Waals surface area contributed by atoms with E-state index in [4.69, 9.17) is 4.52 Å². The van der Waals surface area contributed by atoms with Crippen LogP contribution in [0.25, 0.3) is 11.5 Å².